The van der Waals surface area contributed by atoms with Crippen molar-refractivity contribution < 1.29 is 26.7 Å². The first kappa shape index (κ1) is 21.8. The van der Waals surface area contributed by atoms with Gasteiger partial charge in [0.05, 0.1) is 4.90 Å². The zero-order chi connectivity index (χ0) is 20.9. The van der Waals surface area contributed by atoms with Crippen molar-refractivity contribution in [3.63, 3.8) is 0 Å². The van der Waals surface area contributed by atoms with Crippen molar-refractivity contribution >= 4 is 21.6 Å². The Bertz CT molecular complexity index is 945. The fourth-order valence-electron chi connectivity index (χ4n) is 2.62. The number of ether oxygens (including phenoxy) is 1. The number of benzene rings is 2. The second-order valence-corrected chi connectivity index (χ2v) is 7.86. The first-order valence-corrected chi connectivity index (χ1v) is 10.1. The van der Waals surface area contributed by atoms with Gasteiger partial charge in [-0.15, -0.1) is 0 Å². The number of halogens is 2. The minimum Gasteiger partial charge on any atom is -0.435 e. The molecule has 1 amide bonds. The lowest BCUT2D eigenvalue weighted by Gasteiger charge is -2.19. The smallest absolute Gasteiger partial charge is 0.387 e. The van der Waals surface area contributed by atoms with Crippen LogP contribution in [0.15, 0.2) is 47.4 Å². The highest BCUT2D eigenvalue weighted by molar-refractivity contribution is 7.89. The Kier molecular flexibility index (Phi) is 7.09. The van der Waals surface area contributed by atoms with E-state index in [1.807, 2.05) is 0 Å². The van der Waals surface area contributed by atoms with Gasteiger partial charge in [-0.25, -0.2) is 8.42 Å². The molecule has 2 aromatic rings. The molecule has 6 nitrogen and oxygen atoms in total. The Morgan fingerprint density at radius 3 is 2.43 bits per heavy atom. The quantitative estimate of drug-likeness (QED) is 0.714. The number of hydrogen-bond donors (Lipinski definition) is 1. The second kappa shape index (κ2) is 9.11. The van der Waals surface area contributed by atoms with Gasteiger partial charge in [0.25, 0.3) is 5.91 Å². The van der Waals surface area contributed by atoms with Crippen molar-refractivity contribution in [2.75, 3.05) is 18.4 Å². The van der Waals surface area contributed by atoms with E-state index in [4.69, 9.17) is 0 Å². The maximum absolute atomic E-state index is 12.7. The van der Waals surface area contributed by atoms with Crippen LogP contribution in [-0.2, 0) is 10.0 Å². The number of nitrogens with zero attached hydrogens (tertiary/aromatic N) is 1. The van der Waals surface area contributed by atoms with Gasteiger partial charge in [-0.05, 0) is 42.8 Å². The van der Waals surface area contributed by atoms with Gasteiger partial charge in [0.2, 0.25) is 10.0 Å². The number of nitrogens with one attached hydrogen (secondary N) is 1. The number of rotatable bonds is 8. The summed E-state index contributed by atoms with van der Waals surface area (Å²) in [7, 11) is -3.68. The van der Waals surface area contributed by atoms with Crippen LogP contribution in [0.2, 0.25) is 0 Å². The molecule has 9 heteroatoms. The zero-order valence-electron chi connectivity index (χ0n) is 15.8. The largest absolute Gasteiger partial charge is 0.435 e. The van der Waals surface area contributed by atoms with Gasteiger partial charge in [0, 0.05) is 24.3 Å². The number of carbonyl (C=O) groups is 1. The Labute approximate surface area is 163 Å². The molecule has 0 aromatic heterocycles. The molecular weight excluding hydrogens is 390 g/mol. The highest BCUT2D eigenvalue weighted by Crippen LogP contribution is 2.24. The van der Waals surface area contributed by atoms with E-state index in [0.29, 0.717) is 24.3 Å². The molecule has 1 N–H and O–H groups in total. The van der Waals surface area contributed by atoms with Gasteiger partial charge in [0.1, 0.15) is 5.75 Å². The van der Waals surface area contributed by atoms with Crippen LogP contribution in [-0.4, -0.2) is 38.3 Å². The van der Waals surface area contributed by atoms with Crippen LogP contribution in [0.1, 0.15) is 29.8 Å². The summed E-state index contributed by atoms with van der Waals surface area (Å²) in [5.41, 5.74) is 1.08. The van der Waals surface area contributed by atoms with Gasteiger partial charge < -0.3 is 10.1 Å². The van der Waals surface area contributed by atoms with Crippen molar-refractivity contribution in [1.82, 2.24) is 4.31 Å². The fourth-order valence-corrected chi connectivity index (χ4v) is 4.10. The van der Waals surface area contributed by atoms with Crippen molar-refractivity contribution in [3.8, 4) is 5.75 Å². The first-order valence-electron chi connectivity index (χ1n) is 8.66. The summed E-state index contributed by atoms with van der Waals surface area (Å²) in [6, 6.07) is 9.83. The summed E-state index contributed by atoms with van der Waals surface area (Å²) in [6.45, 7) is 2.86. The first-order chi connectivity index (χ1) is 13.2. The van der Waals surface area contributed by atoms with E-state index in [-0.39, 0.29) is 16.2 Å². The highest BCUT2D eigenvalue weighted by atomic mass is 32.2. The maximum Gasteiger partial charge on any atom is 0.387 e. The summed E-state index contributed by atoms with van der Waals surface area (Å²) in [6.07, 6.45) is 0. The molecular formula is C19H22F2N2O4S. The molecule has 0 unspecified atom stereocenters. The number of sulfonamides is 1. The van der Waals surface area contributed by atoms with E-state index in [0.717, 1.165) is 0 Å². The summed E-state index contributed by atoms with van der Waals surface area (Å²) >= 11 is 0. The lowest BCUT2D eigenvalue weighted by Crippen LogP contribution is -2.30. The minimum atomic E-state index is -3.68. The van der Waals surface area contributed by atoms with Gasteiger partial charge in [-0.1, -0.05) is 26.0 Å². The summed E-state index contributed by atoms with van der Waals surface area (Å²) in [4.78, 5) is 12.6. The van der Waals surface area contributed by atoms with Crippen molar-refractivity contribution in [2.24, 2.45) is 0 Å². The Morgan fingerprint density at radius 1 is 1.14 bits per heavy atom. The molecule has 2 rings (SSSR count). The maximum atomic E-state index is 12.7. The van der Waals surface area contributed by atoms with E-state index < -0.39 is 22.5 Å². The van der Waals surface area contributed by atoms with Gasteiger partial charge >= 0.3 is 6.61 Å². The molecule has 0 fully saturated rings. The Hall–Kier alpha value is -2.52. The topological polar surface area (TPSA) is 75.7 Å². The van der Waals surface area contributed by atoms with E-state index >= 15 is 0 Å². The second-order valence-electron chi connectivity index (χ2n) is 5.93. The van der Waals surface area contributed by atoms with Crippen LogP contribution in [0.3, 0.4) is 0 Å². The Morgan fingerprint density at radius 2 is 1.82 bits per heavy atom. The lowest BCUT2D eigenvalue weighted by atomic mass is 10.1. The molecule has 0 saturated heterocycles. The molecule has 0 atom stereocenters. The molecule has 28 heavy (non-hydrogen) atoms. The van der Waals surface area contributed by atoms with E-state index in [2.05, 4.69) is 10.1 Å². The van der Waals surface area contributed by atoms with Gasteiger partial charge in [-0.2, -0.15) is 13.1 Å². The molecule has 0 aliphatic rings. The third kappa shape index (κ3) is 5.05. The summed E-state index contributed by atoms with van der Waals surface area (Å²) < 4.78 is 55.7. The zero-order valence-corrected chi connectivity index (χ0v) is 16.6. The average molecular weight is 412 g/mol. The number of anilines is 1. The lowest BCUT2D eigenvalue weighted by molar-refractivity contribution is -0.0498. The van der Waals surface area contributed by atoms with Crippen molar-refractivity contribution in [2.45, 2.75) is 32.3 Å². The molecule has 0 radical (unpaired) electrons. The van der Waals surface area contributed by atoms with Gasteiger partial charge in [0.15, 0.2) is 0 Å². The average Bonchev–Trinajstić information content (AvgIpc) is 2.63. The van der Waals surface area contributed by atoms with Crippen LogP contribution < -0.4 is 10.1 Å². The fraction of sp³-hybridized carbons (Fsp3) is 0.316. The standard InChI is InChI=1S/C19H22F2N2O4S/c1-4-23(5-2)28(25,26)16-10-9-13(3)17(12-16)22-18(24)14-7-6-8-15(11-14)27-19(20)21/h6-12,19H,4-5H2,1-3H3,(H,22,24). The van der Waals surface area contributed by atoms with Crippen molar-refractivity contribution in [1.29, 1.82) is 0 Å². The normalized spacial score (nSPS) is 11.7. The van der Waals surface area contributed by atoms with Crippen molar-refractivity contribution in [3.05, 3.63) is 53.6 Å². The summed E-state index contributed by atoms with van der Waals surface area (Å²) in [5.74, 6) is -0.711. The molecule has 152 valence electrons. The number of aryl methyl sites for hydroxylation is 1. The van der Waals surface area contributed by atoms with Crippen LogP contribution in [0.5, 0.6) is 5.75 Å². The number of alkyl halides is 2. The minimum absolute atomic E-state index is 0.0619. The third-order valence-electron chi connectivity index (χ3n) is 4.12. The molecule has 0 aliphatic heterocycles. The van der Waals surface area contributed by atoms with Gasteiger partial charge in [-0.3, -0.25) is 4.79 Å². The highest BCUT2D eigenvalue weighted by Gasteiger charge is 2.22. The predicted octanol–water partition coefficient (Wildman–Crippen LogP) is 3.88. The number of carbonyl (C=O) groups excluding carboxylic acids is 1. The van der Waals surface area contributed by atoms with E-state index in [1.54, 1.807) is 26.8 Å². The van der Waals surface area contributed by atoms with Crippen LogP contribution in [0.4, 0.5) is 14.5 Å². The summed E-state index contributed by atoms with van der Waals surface area (Å²) in [5, 5.41) is 2.63. The molecule has 2 aromatic carbocycles. The molecule has 0 spiro atoms. The van der Waals surface area contributed by atoms with E-state index in [9.17, 15) is 22.0 Å². The SMILES string of the molecule is CCN(CC)S(=O)(=O)c1ccc(C)c(NC(=O)c2cccc(OC(F)F)c2)c1. The number of hydrogen-bond acceptors (Lipinski definition) is 4. The van der Waals surface area contributed by atoms with Crippen LogP contribution in [0, 0.1) is 6.92 Å². The van der Waals surface area contributed by atoms with Crippen LogP contribution >= 0.6 is 0 Å². The molecule has 0 aliphatic carbocycles. The predicted molar refractivity (Wildman–Crippen MR) is 102 cm³/mol. The Balaban J connectivity index is 2.30. The van der Waals surface area contributed by atoms with Crippen LogP contribution in [0.25, 0.3) is 0 Å². The molecule has 0 saturated carbocycles. The third-order valence-corrected chi connectivity index (χ3v) is 6.17. The monoisotopic (exact) mass is 412 g/mol. The molecule has 0 bridgehead atoms. The van der Waals surface area contributed by atoms with E-state index in [1.165, 1.54) is 40.7 Å². The molecule has 0 heterocycles. The number of amides is 1.